The zero-order valence-corrected chi connectivity index (χ0v) is 15.9. The van der Waals surface area contributed by atoms with Gasteiger partial charge in [-0.25, -0.2) is 13.4 Å². The van der Waals surface area contributed by atoms with Crippen LogP contribution >= 0.6 is 0 Å². The molecular formula is C18H24N2O4S. The van der Waals surface area contributed by atoms with Gasteiger partial charge in [-0.2, -0.15) is 0 Å². The van der Waals surface area contributed by atoms with E-state index >= 15 is 0 Å². The summed E-state index contributed by atoms with van der Waals surface area (Å²) >= 11 is 0. The average molecular weight is 364 g/mol. The van der Waals surface area contributed by atoms with E-state index in [9.17, 15) is 13.2 Å². The standard InChI is InChI=1S/C18H24N2O4S/c1-11(2)14-6-5-7-20-16-9-17(25(4,22)23)13(10-24-12(3)21)8-15(16)19-18(14)20/h8-9,11,14H,5-7,10H2,1-4H3/t14-/m1/s1. The summed E-state index contributed by atoms with van der Waals surface area (Å²) in [5.41, 5.74) is 2.08. The molecule has 0 aliphatic carbocycles. The molecule has 0 saturated heterocycles. The second-order valence-electron chi connectivity index (χ2n) is 7.12. The first-order valence-electron chi connectivity index (χ1n) is 8.55. The van der Waals surface area contributed by atoms with Gasteiger partial charge in [0.05, 0.1) is 15.9 Å². The molecule has 25 heavy (non-hydrogen) atoms. The number of carbonyl (C=O) groups is 1. The van der Waals surface area contributed by atoms with Gasteiger partial charge in [-0.05, 0) is 30.9 Å². The maximum atomic E-state index is 12.2. The van der Waals surface area contributed by atoms with Crippen molar-refractivity contribution in [2.45, 2.75) is 57.6 Å². The first-order valence-corrected chi connectivity index (χ1v) is 10.4. The molecule has 0 saturated carbocycles. The highest BCUT2D eigenvalue weighted by atomic mass is 32.2. The summed E-state index contributed by atoms with van der Waals surface area (Å²) in [5.74, 6) is 1.44. The lowest BCUT2D eigenvalue weighted by molar-refractivity contribution is -0.142. The summed E-state index contributed by atoms with van der Waals surface area (Å²) < 4.78 is 31.7. The molecule has 6 nitrogen and oxygen atoms in total. The minimum absolute atomic E-state index is 0.0660. The average Bonchev–Trinajstić information content (AvgIpc) is 2.88. The van der Waals surface area contributed by atoms with Crippen LogP contribution in [-0.4, -0.2) is 30.2 Å². The highest BCUT2D eigenvalue weighted by Gasteiger charge is 2.28. The van der Waals surface area contributed by atoms with Gasteiger partial charge in [0.1, 0.15) is 12.4 Å². The van der Waals surface area contributed by atoms with Crippen LogP contribution in [0.25, 0.3) is 11.0 Å². The number of benzene rings is 1. The zero-order chi connectivity index (χ0) is 18.4. The molecule has 0 spiro atoms. The third-order valence-corrected chi connectivity index (χ3v) is 6.00. The largest absolute Gasteiger partial charge is 0.461 e. The van der Waals surface area contributed by atoms with Crippen LogP contribution in [0.1, 0.15) is 50.9 Å². The van der Waals surface area contributed by atoms with Gasteiger partial charge in [-0.3, -0.25) is 4.79 Å². The Morgan fingerprint density at radius 2 is 2.12 bits per heavy atom. The van der Waals surface area contributed by atoms with Gasteiger partial charge in [0.25, 0.3) is 0 Å². The maximum absolute atomic E-state index is 12.2. The summed E-state index contributed by atoms with van der Waals surface area (Å²) in [6, 6.07) is 3.43. The Balaban J connectivity index is 2.19. The molecule has 0 fully saturated rings. The van der Waals surface area contributed by atoms with Gasteiger partial charge in [0, 0.05) is 31.2 Å². The van der Waals surface area contributed by atoms with E-state index in [4.69, 9.17) is 9.72 Å². The molecule has 2 heterocycles. The quantitative estimate of drug-likeness (QED) is 0.779. The summed E-state index contributed by atoms with van der Waals surface area (Å²) in [7, 11) is -3.44. The first kappa shape index (κ1) is 17.9. The Morgan fingerprint density at radius 3 is 2.72 bits per heavy atom. The fourth-order valence-corrected chi connectivity index (χ4v) is 4.52. The molecular weight excluding hydrogens is 340 g/mol. The van der Waals surface area contributed by atoms with Gasteiger partial charge in [-0.1, -0.05) is 13.8 Å². The molecule has 1 aliphatic rings. The van der Waals surface area contributed by atoms with Crippen LogP contribution in [0.15, 0.2) is 17.0 Å². The van der Waals surface area contributed by atoms with E-state index in [-0.39, 0.29) is 11.5 Å². The van der Waals surface area contributed by atoms with Crippen LogP contribution in [0.5, 0.6) is 0 Å². The summed E-state index contributed by atoms with van der Waals surface area (Å²) in [6.45, 7) is 6.47. The van der Waals surface area contributed by atoms with Gasteiger partial charge < -0.3 is 9.30 Å². The summed E-state index contributed by atoms with van der Waals surface area (Å²) in [4.78, 5) is 16.1. The smallest absolute Gasteiger partial charge is 0.302 e. The molecule has 136 valence electrons. The van der Waals surface area contributed by atoms with Gasteiger partial charge in [0.15, 0.2) is 9.84 Å². The van der Waals surface area contributed by atoms with Crippen molar-refractivity contribution >= 4 is 26.8 Å². The van der Waals surface area contributed by atoms with E-state index in [1.54, 1.807) is 12.1 Å². The van der Waals surface area contributed by atoms with Crippen LogP contribution in [0.2, 0.25) is 0 Å². The third kappa shape index (κ3) is 3.42. The fourth-order valence-electron chi connectivity index (χ4n) is 3.60. The Labute approximate surface area is 148 Å². The second-order valence-corrected chi connectivity index (χ2v) is 9.10. The minimum atomic E-state index is -3.44. The number of nitrogens with zero attached hydrogens (tertiary/aromatic N) is 2. The molecule has 1 aromatic heterocycles. The number of ether oxygens (including phenoxy) is 1. The molecule has 3 rings (SSSR count). The molecule has 0 unspecified atom stereocenters. The normalized spacial score (nSPS) is 17.7. The van der Waals surface area contributed by atoms with Crippen molar-refractivity contribution in [1.29, 1.82) is 0 Å². The SMILES string of the molecule is CC(=O)OCc1cc2nc3n(c2cc1S(C)(=O)=O)CCC[C@@H]3C(C)C. The summed E-state index contributed by atoms with van der Waals surface area (Å²) in [6.07, 6.45) is 3.33. The number of esters is 1. The second kappa shape index (κ2) is 6.44. The first-order chi connectivity index (χ1) is 11.7. The topological polar surface area (TPSA) is 78.3 Å². The van der Waals surface area contributed by atoms with Gasteiger partial charge in [0.2, 0.25) is 0 Å². The monoisotopic (exact) mass is 364 g/mol. The number of sulfone groups is 1. The molecule has 0 radical (unpaired) electrons. The van der Waals surface area contributed by atoms with Crippen LogP contribution in [0.4, 0.5) is 0 Å². The predicted octanol–water partition coefficient (Wildman–Crippen LogP) is 3.04. The van der Waals surface area contributed by atoms with E-state index in [0.29, 0.717) is 17.4 Å². The van der Waals surface area contributed by atoms with E-state index in [1.165, 1.54) is 13.2 Å². The lowest BCUT2D eigenvalue weighted by atomic mass is 9.88. The maximum Gasteiger partial charge on any atom is 0.302 e. The van der Waals surface area contributed by atoms with Crippen molar-refractivity contribution in [2.24, 2.45) is 5.92 Å². The predicted molar refractivity (Wildman–Crippen MR) is 95.1 cm³/mol. The zero-order valence-electron chi connectivity index (χ0n) is 15.1. The van der Waals surface area contributed by atoms with Crippen molar-refractivity contribution in [2.75, 3.05) is 6.26 Å². The van der Waals surface area contributed by atoms with Crippen LogP contribution in [0.3, 0.4) is 0 Å². The van der Waals surface area contributed by atoms with Crippen molar-refractivity contribution in [3.8, 4) is 0 Å². The number of hydrogen-bond donors (Lipinski definition) is 0. The van der Waals surface area contributed by atoms with E-state index in [0.717, 1.165) is 36.2 Å². The number of imidazole rings is 1. The van der Waals surface area contributed by atoms with E-state index in [2.05, 4.69) is 18.4 Å². The molecule has 1 aromatic carbocycles. The number of aryl methyl sites for hydroxylation is 1. The Bertz CT molecular complexity index is 928. The number of fused-ring (bicyclic) bond motifs is 3. The molecule has 7 heteroatoms. The van der Waals surface area contributed by atoms with E-state index < -0.39 is 15.8 Å². The van der Waals surface area contributed by atoms with Crippen molar-refractivity contribution in [3.05, 3.63) is 23.5 Å². The fraction of sp³-hybridized carbons (Fsp3) is 0.556. The van der Waals surface area contributed by atoms with Crippen LogP contribution in [-0.2, 0) is 32.5 Å². The number of rotatable bonds is 4. The highest BCUT2D eigenvalue weighted by Crippen LogP contribution is 2.36. The van der Waals surface area contributed by atoms with Gasteiger partial charge in [-0.15, -0.1) is 0 Å². The number of aromatic nitrogens is 2. The molecule has 0 amide bonds. The molecule has 2 aromatic rings. The lowest BCUT2D eigenvalue weighted by Crippen LogP contribution is -2.19. The van der Waals surface area contributed by atoms with E-state index in [1.807, 2.05) is 0 Å². The highest BCUT2D eigenvalue weighted by molar-refractivity contribution is 7.90. The van der Waals surface area contributed by atoms with Gasteiger partial charge >= 0.3 is 5.97 Å². The Kier molecular flexibility index (Phi) is 4.62. The molecule has 0 bridgehead atoms. The number of hydrogen-bond acceptors (Lipinski definition) is 5. The third-order valence-electron chi connectivity index (χ3n) is 4.82. The Morgan fingerprint density at radius 1 is 1.40 bits per heavy atom. The minimum Gasteiger partial charge on any atom is -0.461 e. The summed E-state index contributed by atoms with van der Waals surface area (Å²) in [5, 5.41) is 0. The number of carbonyl (C=O) groups excluding carboxylic acids is 1. The van der Waals surface area contributed by atoms with Crippen molar-refractivity contribution in [1.82, 2.24) is 9.55 Å². The Hall–Kier alpha value is -1.89. The molecule has 0 N–H and O–H groups in total. The van der Waals surface area contributed by atoms with Crippen molar-refractivity contribution in [3.63, 3.8) is 0 Å². The van der Waals surface area contributed by atoms with Crippen LogP contribution < -0.4 is 0 Å². The van der Waals surface area contributed by atoms with Crippen LogP contribution in [0, 0.1) is 5.92 Å². The molecule has 1 atom stereocenters. The molecule has 1 aliphatic heterocycles. The van der Waals surface area contributed by atoms with Crippen molar-refractivity contribution < 1.29 is 17.9 Å². The lowest BCUT2D eigenvalue weighted by Gasteiger charge is -2.26.